The third-order valence-corrected chi connectivity index (χ3v) is 5.13. The Bertz CT molecular complexity index is 981. The Balaban J connectivity index is 1.53. The molecule has 2 atom stereocenters. The van der Waals surface area contributed by atoms with E-state index in [0.29, 0.717) is 5.56 Å². The van der Waals surface area contributed by atoms with E-state index < -0.39 is 24.0 Å². The number of aliphatic hydroxyl groups is 1. The summed E-state index contributed by atoms with van der Waals surface area (Å²) in [4.78, 5) is 30.6. The highest BCUT2D eigenvalue weighted by molar-refractivity contribution is 5.97. The van der Waals surface area contributed by atoms with Gasteiger partial charge in [0.1, 0.15) is 11.9 Å². The van der Waals surface area contributed by atoms with Crippen molar-refractivity contribution >= 4 is 29.8 Å². The van der Waals surface area contributed by atoms with E-state index >= 15 is 0 Å². The second-order valence-electron chi connectivity index (χ2n) is 7.56. The smallest absolute Gasteiger partial charge is 0.268 e. The largest absolute Gasteiger partial charge is 0.391 e. The summed E-state index contributed by atoms with van der Waals surface area (Å²) in [6, 6.07) is 9.52. The predicted octanol–water partition coefficient (Wildman–Crippen LogP) is 1.63. The molecule has 1 aliphatic rings. The molecule has 1 aromatic heterocycles. The van der Waals surface area contributed by atoms with Crippen LogP contribution in [0.15, 0.2) is 54.7 Å². The van der Waals surface area contributed by atoms with Gasteiger partial charge in [0.15, 0.2) is 0 Å². The van der Waals surface area contributed by atoms with Crippen molar-refractivity contribution in [1.29, 1.82) is 0 Å². The highest BCUT2D eigenvalue weighted by atomic mass is 16.5. The maximum absolute atomic E-state index is 12.3. The molecule has 0 bridgehead atoms. The van der Waals surface area contributed by atoms with Gasteiger partial charge in [-0.2, -0.15) is 0 Å². The van der Waals surface area contributed by atoms with E-state index in [1.54, 1.807) is 24.3 Å². The number of allylic oxidation sites excluding steroid dienone is 2. The average Bonchev–Trinajstić information content (AvgIpc) is 2.85. The number of carbonyl (C=O) groups excluding carboxylic acids is 2. The zero-order valence-electron chi connectivity index (χ0n) is 18.3. The van der Waals surface area contributed by atoms with Crippen molar-refractivity contribution in [2.75, 3.05) is 31.2 Å². The van der Waals surface area contributed by atoms with Crippen molar-refractivity contribution in [2.24, 2.45) is 0 Å². The van der Waals surface area contributed by atoms with Gasteiger partial charge in [0.2, 0.25) is 0 Å². The molecule has 0 aliphatic carbocycles. The minimum atomic E-state index is -1.26. The molecular formula is C24H28N4O5. The zero-order valence-corrected chi connectivity index (χ0v) is 18.3. The van der Waals surface area contributed by atoms with Gasteiger partial charge in [0, 0.05) is 24.8 Å². The van der Waals surface area contributed by atoms with Gasteiger partial charge in [-0.15, -0.1) is 0 Å². The van der Waals surface area contributed by atoms with E-state index in [4.69, 9.17) is 9.94 Å². The second-order valence-corrected chi connectivity index (χ2v) is 7.56. The molecule has 9 heteroatoms. The van der Waals surface area contributed by atoms with Crippen LogP contribution in [0.2, 0.25) is 0 Å². The van der Waals surface area contributed by atoms with Gasteiger partial charge in [0.05, 0.1) is 19.3 Å². The van der Waals surface area contributed by atoms with Crippen LogP contribution in [0.3, 0.4) is 0 Å². The Morgan fingerprint density at radius 3 is 2.27 bits per heavy atom. The summed E-state index contributed by atoms with van der Waals surface area (Å²) < 4.78 is 5.36. The molecule has 1 fully saturated rings. The lowest BCUT2D eigenvalue weighted by Gasteiger charge is -2.27. The summed E-state index contributed by atoms with van der Waals surface area (Å²) >= 11 is 0. The standard InChI is InChI=1S/C24H28N4O5/c1-17(29)22(24(31)27-32)26-23(30)20-9-6-18(7-10-20)4-2-3-5-19-8-11-21(25-16-19)28-12-14-33-15-13-28/h2-11,16-17,22,29,32H,12-15H2,1H3,(H,26,30)(H,27,31)/t17-,22+/m1/s1. The molecule has 2 heterocycles. The number of nitrogens with one attached hydrogen (secondary N) is 2. The fraction of sp³-hybridized carbons (Fsp3) is 0.292. The first-order chi connectivity index (χ1) is 16.0. The van der Waals surface area contributed by atoms with Crippen molar-refractivity contribution in [3.05, 3.63) is 71.4 Å². The van der Waals surface area contributed by atoms with Gasteiger partial charge in [-0.3, -0.25) is 14.8 Å². The first-order valence-corrected chi connectivity index (χ1v) is 10.6. The number of aliphatic hydroxyl groups excluding tert-OH is 1. The Labute approximate surface area is 192 Å². The van der Waals surface area contributed by atoms with Crippen LogP contribution in [-0.2, 0) is 9.53 Å². The number of hydrogen-bond donors (Lipinski definition) is 4. The van der Waals surface area contributed by atoms with Crippen LogP contribution in [0.1, 0.15) is 28.4 Å². The number of nitrogens with zero attached hydrogens (tertiary/aromatic N) is 2. The molecule has 33 heavy (non-hydrogen) atoms. The fourth-order valence-corrected chi connectivity index (χ4v) is 3.25. The van der Waals surface area contributed by atoms with Crippen LogP contribution in [0.4, 0.5) is 5.82 Å². The number of benzene rings is 1. The normalized spacial score (nSPS) is 16.0. The number of hydroxylamine groups is 1. The molecular weight excluding hydrogens is 424 g/mol. The van der Waals surface area contributed by atoms with Crippen molar-refractivity contribution in [3.63, 3.8) is 0 Å². The van der Waals surface area contributed by atoms with Gasteiger partial charge in [-0.1, -0.05) is 36.4 Å². The van der Waals surface area contributed by atoms with Crippen LogP contribution in [0.5, 0.6) is 0 Å². The van der Waals surface area contributed by atoms with Gasteiger partial charge in [0.25, 0.3) is 11.8 Å². The second kappa shape index (κ2) is 11.9. The number of pyridine rings is 1. The third-order valence-electron chi connectivity index (χ3n) is 5.13. The van der Waals surface area contributed by atoms with Crippen molar-refractivity contribution < 1.29 is 24.6 Å². The van der Waals surface area contributed by atoms with Gasteiger partial charge in [-0.05, 0) is 42.3 Å². The number of aromatic nitrogens is 1. The monoisotopic (exact) mass is 452 g/mol. The van der Waals surface area contributed by atoms with Crippen molar-refractivity contribution in [1.82, 2.24) is 15.8 Å². The number of morpholine rings is 1. The SMILES string of the molecule is C[C@@H](O)[C@H](NC(=O)c1ccc(C=CC=Cc2ccc(N3CCOCC3)nc2)cc1)C(=O)NO. The Hall–Kier alpha value is -3.53. The number of ether oxygens (including phenoxy) is 1. The number of rotatable bonds is 8. The Morgan fingerprint density at radius 2 is 1.70 bits per heavy atom. The maximum atomic E-state index is 12.3. The van der Waals surface area contributed by atoms with Crippen LogP contribution in [0.25, 0.3) is 12.2 Å². The first kappa shape index (κ1) is 24.1. The summed E-state index contributed by atoms with van der Waals surface area (Å²) in [6.07, 6.45) is 8.32. The minimum absolute atomic E-state index is 0.325. The molecule has 3 rings (SSSR count). The van der Waals surface area contributed by atoms with E-state index in [1.165, 1.54) is 12.4 Å². The molecule has 1 saturated heterocycles. The van der Waals surface area contributed by atoms with E-state index in [2.05, 4.69) is 15.2 Å². The number of carbonyl (C=O) groups is 2. The van der Waals surface area contributed by atoms with Gasteiger partial charge in [-0.25, -0.2) is 10.5 Å². The molecule has 2 amide bonds. The lowest BCUT2D eigenvalue weighted by molar-refractivity contribution is -0.133. The molecule has 0 spiro atoms. The molecule has 0 saturated carbocycles. The van der Waals surface area contributed by atoms with Crippen LogP contribution >= 0.6 is 0 Å². The number of anilines is 1. The quantitative estimate of drug-likeness (QED) is 0.273. The van der Waals surface area contributed by atoms with E-state index in [9.17, 15) is 14.7 Å². The van der Waals surface area contributed by atoms with Gasteiger partial charge < -0.3 is 20.1 Å². The summed E-state index contributed by atoms with van der Waals surface area (Å²) in [6.45, 7) is 4.50. The summed E-state index contributed by atoms with van der Waals surface area (Å²) in [5, 5.41) is 20.7. The minimum Gasteiger partial charge on any atom is -0.391 e. The summed E-state index contributed by atoms with van der Waals surface area (Å²) in [5.74, 6) is -0.476. The van der Waals surface area contributed by atoms with Crippen LogP contribution in [0, 0.1) is 0 Å². The van der Waals surface area contributed by atoms with E-state index in [0.717, 1.165) is 43.2 Å². The number of amides is 2. The van der Waals surface area contributed by atoms with Crippen molar-refractivity contribution in [3.8, 4) is 0 Å². The molecule has 174 valence electrons. The van der Waals surface area contributed by atoms with Crippen molar-refractivity contribution in [2.45, 2.75) is 19.1 Å². The molecule has 4 N–H and O–H groups in total. The molecule has 0 radical (unpaired) electrons. The average molecular weight is 453 g/mol. The Kier molecular flexibility index (Phi) is 8.71. The first-order valence-electron chi connectivity index (χ1n) is 10.6. The highest BCUT2D eigenvalue weighted by Gasteiger charge is 2.25. The predicted molar refractivity (Wildman–Crippen MR) is 125 cm³/mol. The fourth-order valence-electron chi connectivity index (χ4n) is 3.25. The lowest BCUT2D eigenvalue weighted by Crippen LogP contribution is -2.51. The third kappa shape index (κ3) is 6.98. The summed E-state index contributed by atoms with van der Waals surface area (Å²) in [7, 11) is 0. The van der Waals surface area contributed by atoms with E-state index in [1.807, 2.05) is 42.6 Å². The van der Waals surface area contributed by atoms with Crippen LogP contribution < -0.4 is 15.7 Å². The highest BCUT2D eigenvalue weighted by Crippen LogP contribution is 2.14. The Morgan fingerprint density at radius 1 is 1.06 bits per heavy atom. The van der Waals surface area contributed by atoms with Gasteiger partial charge >= 0.3 is 0 Å². The zero-order chi connectivity index (χ0) is 23.6. The van der Waals surface area contributed by atoms with Crippen LogP contribution in [-0.4, -0.2) is 65.6 Å². The molecule has 0 unspecified atom stereocenters. The molecule has 1 aromatic carbocycles. The molecule has 1 aliphatic heterocycles. The van der Waals surface area contributed by atoms with E-state index in [-0.39, 0.29) is 0 Å². The summed E-state index contributed by atoms with van der Waals surface area (Å²) in [5.41, 5.74) is 3.63. The topological polar surface area (TPSA) is 124 Å². The molecule has 9 nitrogen and oxygen atoms in total. The lowest BCUT2D eigenvalue weighted by atomic mass is 10.1. The maximum Gasteiger partial charge on any atom is 0.268 e. The number of hydrogen-bond acceptors (Lipinski definition) is 7. The molecule has 2 aromatic rings.